The lowest BCUT2D eigenvalue weighted by Gasteiger charge is -2.48. The number of nitrogens with one attached hydrogen (secondary N) is 4. The summed E-state index contributed by atoms with van der Waals surface area (Å²) in [5.41, 5.74) is 0.825. The predicted octanol–water partition coefficient (Wildman–Crippen LogP) is -1.67. The van der Waals surface area contributed by atoms with Crippen LogP contribution in [0.15, 0.2) is 12.4 Å². The zero-order chi connectivity index (χ0) is 83.7. The molecule has 8 aliphatic rings. The first-order valence-corrected chi connectivity index (χ1v) is 42.5. The normalized spacial score (nSPS) is 35.3. The van der Waals surface area contributed by atoms with Gasteiger partial charge in [-0.3, -0.25) is 19.2 Å². The van der Waals surface area contributed by atoms with Crippen LogP contribution in [0.3, 0.4) is 0 Å². The number of hydrogen-bond donors (Lipinski definition) is 14. The highest BCUT2D eigenvalue weighted by Crippen LogP contribution is 2.40. The van der Waals surface area contributed by atoms with Gasteiger partial charge in [-0.2, -0.15) is 0 Å². The van der Waals surface area contributed by atoms with Crippen molar-refractivity contribution in [2.24, 2.45) is 23.7 Å². The maximum atomic E-state index is 14.2. The topological polar surface area (TPSA) is 519 Å². The number of aliphatic hydroxyl groups excluding tert-OH is 10. The van der Waals surface area contributed by atoms with Crippen LogP contribution >= 0.6 is 0 Å². The maximum absolute atomic E-state index is 14.2. The Morgan fingerprint density at radius 1 is 0.436 bits per heavy atom. The fourth-order valence-electron chi connectivity index (χ4n) is 17.0. The molecule has 4 aliphatic carbocycles. The Balaban J connectivity index is 0.648. The maximum Gasteiger partial charge on any atom is 0.249 e. The molecule has 10 rings (SSSR count). The van der Waals surface area contributed by atoms with E-state index in [1.54, 1.807) is 27.7 Å². The zero-order valence-corrected chi connectivity index (χ0v) is 68.4. The molecule has 28 atom stereocenters. The van der Waals surface area contributed by atoms with Crippen LogP contribution in [0.2, 0.25) is 0 Å². The predicted molar refractivity (Wildman–Crippen MR) is 406 cm³/mol. The van der Waals surface area contributed by atoms with Crippen molar-refractivity contribution in [1.82, 2.24) is 51.3 Å². The molecule has 0 bridgehead atoms. The summed E-state index contributed by atoms with van der Waals surface area (Å²) >= 11 is 0. The number of carbonyl (C=O) groups is 4. The van der Waals surface area contributed by atoms with Gasteiger partial charge in [0, 0.05) is 13.1 Å². The first kappa shape index (κ1) is 94.4. The van der Waals surface area contributed by atoms with Gasteiger partial charge in [0.2, 0.25) is 23.6 Å². The molecule has 8 fully saturated rings. The number of nitrogens with zero attached hydrogens (tertiary/aromatic N) is 6. The molecule has 4 amide bonds. The van der Waals surface area contributed by atoms with Gasteiger partial charge in [-0.15, -0.1) is 10.2 Å². The van der Waals surface area contributed by atoms with E-state index in [9.17, 15) is 70.2 Å². The Bertz CT molecular complexity index is 3030. The molecule has 39 nitrogen and oxygen atoms in total. The highest BCUT2D eigenvalue weighted by molar-refractivity contribution is 5.81. The van der Waals surface area contributed by atoms with Gasteiger partial charge >= 0.3 is 0 Å². The largest absolute Gasteiger partial charge is 0.394 e. The molecule has 4 saturated heterocycles. The van der Waals surface area contributed by atoms with E-state index < -0.39 is 196 Å². The van der Waals surface area contributed by atoms with Gasteiger partial charge in [-0.1, -0.05) is 101 Å². The quantitative estimate of drug-likeness (QED) is 0.0330. The Morgan fingerprint density at radius 3 is 1.16 bits per heavy atom. The van der Waals surface area contributed by atoms with Crippen LogP contribution in [0.5, 0.6) is 0 Å². The van der Waals surface area contributed by atoms with E-state index in [4.69, 9.17) is 71.1 Å². The average Bonchev–Trinajstić information content (AvgIpc) is 0.902. The lowest BCUT2D eigenvalue weighted by Crippen LogP contribution is -2.67. The molecule has 2 aromatic rings. The summed E-state index contributed by atoms with van der Waals surface area (Å²) < 4.78 is 95.1. The fraction of sp³-hybridized carbons (Fsp3) is 0.897. The summed E-state index contributed by atoms with van der Waals surface area (Å²) in [5, 5.41) is 137. The summed E-state index contributed by atoms with van der Waals surface area (Å²) in [6.45, 7) is 11.2. The van der Waals surface area contributed by atoms with Crippen molar-refractivity contribution < 1.29 is 141 Å². The number of likely N-dealkylation sites (N-methyl/N-ethyl adjacent to an activating group) is 2. The van der Waals surface area contributed by atoms with E-state index >= 15 is 0 Å². The monoisotopic (exact) mass is 1670 g/mol. The van der Waals surface area contributed by atoms with Crippen LogP contribution in [0.4, 0.5) is 0 Å². The van der Waals surface area contributed by atoms with Crippen molar-refractivity contribution >= 4 is 23.6 Å². The van der Waals surface area contributed by atoms with Crippen molar-refractivity contribution in [1.29, 1.82) is 0 Å². The summed E-state index contributed by atoms with van der Waals surface area (Å²) in [7, 11) is 0. The Morgan fingerprint density at radius 2 is 0.803 bits per heavy atom. The SMILES string of the molecule is CCNC(=O)[C@H](CC1CCCCC1)OC1C(NC(=O)Cn2cc(COCCOCCOCCOCCOCc3cn(CC(=O)NC4C(O[C@@H](CC5CCCCC5)C(=O)NCC)[C@@H](O)[C@H](CO)O[C@H]4O[C@@H]4CCCC(C)[C@H]4O[C@@H]4OC(C)[C@@H](O)C(O)[C@@H]4O)nn3)nn2)[C@H](O[C@@H]2CCCC(C)[C@H]2O[C@@H]2OC(C)[C@@H](O)C(O)[C@@H]2O)O[C@@H](CO)[C@@H]1O. The summed E-state index contributed by atoms with van der Waals surface area (Å²) in [6.07, 6.45) is -12.5. The smallest absolute Gasteiger partial charge is 0.249 e. The molecule has 6 heterocycles. The van der Waals surface area contributed by atoms with E-state index in [0.717, 1.165) is 64.2 Å². The highest BCUT2D eigenvalue weighted by atomic mass is 16.7. The average molecular weight is 1670 g/mol. The third-order valence-electron chi connectivity index (χ3n) is 23.6. The molecule has 4 saturated carbocycles. The first-order valence-electron chi connectivity index (χ1n) is 42.5. The van der Waals surface area contributed by atoms with Crippen LogP contribution in [0.25, 0.3) is 0 Å². The number of amides is 4. The molecule has 117 heavy (non-hydrogen) atoms. The molecule has 14 N–H and O–H groups in total. The van der Waals surface area contributed by atoms with E-state index in [0.29, 0.717) is 75.8 Å². The van der Waals surface area contributed by atoms with Crippen LogP contribution in [0.1, 0.15) is 169 Å². The summed E-state index contributed by atoms with van der Waals surface area (Å²) in [6, 6.07) is -2.56. The molecule has 668 valence electrons. The second-order valence-electron chi connectivity index (χ2n) is 32.6. The minimum absolute atomic E-state index is 0.0382. The van der Waals surface area contributed by atoms with Crippen molar-refractivity contribution in [2.45, 2.75) is 343 Å². The van der Waals surface area contributed by atoms with Crippen LogP contribution in [-0.2, 0) is 117 Å². The highest BCUT2D eigenvalue weighted by Gasteiger charge is 2.55. The Kier molecular flexibility index (Phi) is 38.5. The fourth-order valence-corrected chi connectivity index (χ4v) is 17.0. The third-order valence-corrected chi connectivity index (χ3v) is 23.6. The van der Waals surface area contributed by atoms with Crippen molar-refractivity contribution in [3.8, 4) is 0 Å². The zero-order valence-electron chi connectivity index (χ0n) is 68.4. The van der Waals surface area contributed by atoms with Crippen molar-refractivity contribution in [3.05, 3.63) is 23.8 Å². The standard InChI is InChI=1S/C78H132N10O29/c1-7-79-73(101)53(33-47-19-11-9-12-20-47)110-71-59(75(114-55(39-89)63(71)95)112-51-23-15-17-43(3)69(51)116-77-67(99)65(97)61(93)45(5)108-77)81-57(91)37-87-35-49(83-85-87)41-106-31-29-104-27-25-103-26-28-105-30-32-107-42-50-36-88(86-84-50)38-58(92)82-60-72(111-54(74(102)80-8-2)34-48-21-13-10-14-22-48)64(96)56(40-90)115-76(60)113-52-24-16-18-44(4)70(52)117-78-68(100)66(98)62(94)46(6)109-78/h35-36,43-48,51-56,59-72,75-78,89-90,93-100H,7-34,37-42H2,1-6H3,(H,79,101)(H,80,102)(H,81,91)(H,82,92)/t43?,44?,45?,46?,51-,52-,53+,54+,55+,56+,59?,60?,61-,62-,63+,64+,65?,66?,67+,68+,69-,70-,71?,72?,75-,76-,77+,78+/m1/s1. The van der Waals surface area contributed by atoms with E-state index in [-0.39, 0.29) is 103 Å². The number of carbonyl (C=O) groups excluding carboxylic acids is 4. The molecular formula is C78H132N10O29. The molecular weight excluding hydrogens is 1540 g/mol. The van der Waals surface area contributed by atoms with Gasteiger partial charge in [0.1, 0.15) is 122 Å². The molecule has 0 radical (unpaired) electrons. The number of rotatable bonds is 44. The van der Waals surface area contributed by atoms with Crippen LogP contribution in [-0.4, -0.2) is 343 Å². The van der Waals surface area contributed by atoms with Crippen molar-refractivity contribution in [2.75, 3.05) is 79.2 Å². The van der Waals surface area contributed by atoms with Crippen molar-refractivity contribution in [3.63, 3.8) is 0 Å². The number of hydrogen-bond acceptors (Lipinski definition) is 33. The van der Waals surface area contributed by atoms with Gasteiger partial charge in [0.25, 0.3) is 0 Å². The molecule has 10 unspecified atom stereocenters. The molecule has 0 aromatic carbocycles. The molecule has 0 spiro atoms. The van der Waals surface area contributed by atoms with Gasteiger partial charge in [0.05, 0.1) is 128 Å². The minimum atomic E-state index is -1.59. The second-order valence-corrected chi connectivity index (χ2v) is 32.6. The van der Waals surface area contributed by atoms with E-state index in [2.05, 4.69) is 41.9 Å². The van der Waals surface area contributed by atoms with Crippen LogP contribution < -0.4 is 21.3 Å². The van der Waals surface area contributed by atoms with E-state index in [1.807, 2.05) is 13.8 Å². The Hall–Kier alpha value is -4.84. The van der Waals surface area contributed by atoms with Gasteiger partial charge in [0.15, 0.2) is 25.2 Å². The van der Waals surface area contributed by atoms with Crippen LogP contribution in [0, 0.1) is 23.7 Å². The number of aromatic nitrogens is 6. The van der Waals surface area contributed by atoms with Gasteiger partial charge in [-0.05, 0) is 89.9 Å². The third kappa shape index (κ3) is 27.1. The first-order chi connectivity index (χ1) is 56.4. The molecule has 4 aliphatic heterocycles. The molecule has 2 aromatic heterocycles. The lowest BCUT2D eigenvalue weighted by atomic mass is 9.85. The second kappa shape index (κ2) is 47.7. The minimum Gasteiger partial charge on any atom is -0.394 e. The number of aliphatic hydroxyl groups is 10. The Labute approximate surface area is 683 Å². The summed E-state index contributed by atoms with van der Waals surface area (Å²) in [5.74, 6) is -2.03. The van der Waals surface area contributed by atoms with Gasteiger partial charge < -0.3 is 143 Å². The van der Waals surface area contributed by atoms with Gasteiger partial charge in [-0.25, -0.2) is 9.36 Å². The summed E-state index contributed by atoms with van der Waals surface area (Å²) in [4.78, 5) is 56.1. The lowest BCUT2D eigenvalue weighted by molar-refractivity contribution is -0.336. The van der Waals surface area contributed by atoms with E-state index in [1.165, 1.54) is 21.8 Å². The number of ether oxygens (including phenoxy) is 15. The molecule has 39 heteroatoms.